The van der Waals surface area contributed by atoms with E-state index in [-0.39, 0.29) is 12.5 Å². The van der Waals surface area contributed by atoms with E-state index in [2.05, 4.69) is 0 Å². The van der Waals surface area contributed by atoms with Crippen molar-refractivity contribution in [2.75, 3.05) is 6.54 Å². The van der Waals surface area contributed by atoms with Crippen LogP contribution in [0.25, 0.3) is 0 Å². The summed E-state index contributed by atoms with van der Waals surface area (Å²) >= 11 is 12.2. The van der Waals surface area contributed by atoms with Crippen molar-refractivity contribution in [3.8, 4) is 0 Å². The van der Waals surface area contributed by atoms with Gasteiger partial charge in [0.2, 0.25) is 5.91 Å². The number of aliphatic carboxylic acids is 1. The molecule has 4 atom stereocenters. The highest BCUT2D eigenvalue weighted by Crippen LogP contribution is 2.52. The number of benzene rings is 1. The van der Waals surface area contributed by atoms with Gasteiger partial charge < -0.3 is 19.5 Å². The van der Waals surface area contributed by atoms with Crippen LogP contribution in [0.15, 0.2) is 30.4 Å². The molecule has 23 heavy (non-hydrogen) atoms. The maximum atomic E-state index is 12.7. The Kier molecular flexibility index (Phi) is 3.24. The molecule has 3 heterocycles. The zero-order chi connectivity index (χ0) is 16.4. The van der Waals surface area contributed by atoms with Crippen molar-refractivity contribution in [2.45, 2.75) is 18.2 Å². The van der Waals surface area contributed by atoms with Gasteiger partial charge in [-0.25, -0.2) is 0 Å². The molecule has 3 aliphatic rings. The van der Waals surface area contributed by atoms with Gasteiger partial charge in [0.25, 0.3) is 0 Å². The van der Waals surface area contributed by atoms with Crippen molar-refractivity contribution < 1.29 is 19.4 Å². The fourth-order valence-electron chi connectivity index (χ4n) is 3.86. The van der Waals surface area contributed by atoms with Gasteiger partial charge in [-0.3, -0.25) is 4.79 Å². The number of carboxylic acid groups (broad SMARTS) is 1. The number of carboxylic acids is 1. The molecule has 2 bridgehead atoms. The first-order chi connectivity index (χ1) is 10.9. The largest absolute Gasteiger partial charge is 0.550 e. The lowest BCUT2D eigenvalue weighted by Gasteiger charge is -2.24. The molecule has 0 radical (unpaired) electrons. The molecule has 5 nitrogen and oxygen atoms in total. The predicted octanol–water partition coefficient (Wildman–Crippen LogP) is 1.03. The fourth-order valence-corrected chi connectivity index (χ4v) is 4.24. The van der Waals surface area contributed by atoms with E-state index in [1.807, 2.05) is 0 Å². The summed E-state index contributed by atoms with van der Waals surface area (Å²) in [7, 11) is 0. The Morgan fingerprint density at radius 3 is 2.96 bits per heavy atom. The summed E-state index contributed by atoms with van der Waals surface area (Å²) in [6.45, 7) is 0.564. The third-order valence-electron chi connectivity index (χ3n) is 4.84. The number of fused-ring (bicyclic) bond motifs is 1. The number of rotatable bonds is 3. The summed E-state index contributed by atoms with van der Waals surface area (Å²) in [5.74, 6) is -3.17. The summed E-state index contributed by atoms with van der Waals surface area (Å²) in [5, 5.41) is 12.2. The summed E-state index contributed by atoms with van der Waals surface area (Å²) in [6.07, 6.45) is 2.94. The number of amides is 1. The monoisotopic (exact) mass is 352 g/mol. The van der Waals surface area contributed by atoms with Crippen LogP contribution in [0.2, 0.25) is 10.0 Å². The minimum Gasteiger partial charge on any atom is -0.550 e. The normalized spacial score (nSPS) is 34.3. The van der Waals surface area contributed by atoms with Gasteiger partial charge in [0, 0.05) is 18.4 Å². The highest BCUT2D eigenvalue weighted by molar-refractivity contribution is 6.42. The van der Waals surface area contributed by atoms with Crippen LogP contribution in [0.1, 0.15) is 5.56 Å². The Labute approximate surface area is 142 Å². The summed E-state index contributed by atoms with van der Waals surface area (Å²) in [6, 6.07) is 5.22. The third-order valence-corrected chi connectivity index (χ3v) is 5.70. The molecule has 1 aromatic carbocycles. The van der Waals surface area contributed by atoms with Gasteiger partial charge in [-0.2, -0.15) is 0 Å². The molecule has 0 aromatic heterocycles. The van der Waals surface area contributed by atoms with Crippen molar-refractivity contribution in [2.24, 2.45) is 11.8 Å². The number of ether oxygens (including phenoxy) is 1. The first-order valence-electron chi connectivity index (χ1n) is 7.23. The third kappa shape index (κ3) is 2.04. The van der Waals surface area contributed by atoms with Crippen LogP contribution in [0, 0.1) is 11.8 Å². The van der Waals surface area contributed by atoms with Gasteiger partial charge in [-0.05, 0) is 11.6 Å². The summed E-state index contributed by atoms with van der Waals surface area (Å²) in [4.78, 5) is 25.7. The number of nitrogens with zero attached hydrogens (tertiary/aromatic N) is 1. The van der Waals surface area contributed by atoms with Crippen molar-refractivity contribution in [3.05, 3.63) is 46.0 Å². The second-order valence-electron chi connectivity index (χ2n) is 6.13. The van der Waals surface area contributed by atoms with Gasteiger partial charge >= 0.3 is 0 Å². The predicted molar refractivity (Wildman–Crippen MR) is 80.6 cm³/mol. The number of carbonyl (C=O) groups excluding carboxylic acids is 2. The lowest BCUT2D eigenvalue weighted by atomic mass is 9.77. The maximum absolute atomic E-state index is 12.7. The van der Waals surface area contributed by atoms with E-state index in [1.54, 1.807) is 35.3 Å². The van der Waals surface area contributed by atoms with Crippen molar-refractivity contribution in [1.82, 2.24) is 4.90 Å². The Bertz CT molecular complexity index is 750. The molecule has 2 fully saturated rings. The number of hydrogen-bond donors (Lipinski definition) is 0. The molecule has 1 aromatic rings. The second-order valence-corrected chi connectivity index (χ2v) is 6.91. The van der Waals surface area contributed by atoms with E-state index in [0.717, 1.165) is 0 Å². The number of likely N-dealkylation sites (tertiary alicyclic amines) is 1. The molecule has 0 N–H and O–H groups in total. The van der Waals surface area contributed by atoms with Crippen LogP contribution in [-0.4, -0.2) is 35.0 Å². The minimum absolute atomic E-state index is 0.248. The molecule has 1 amide bonds. The number of halogens is 2. The smallest absolute Gasteiger partial charge is 0.230 e. The lowest BCUT2D eigenvalue weighted by molar-refractivity contribution is -0.313. The van der Waals surface area contributed by atoms with E-state index in [4.69, 9.17) is 27.9 Å². The molecule has 0 saturated carbocycles. The van der Waals surface area contributed by atoms with E-state index < -0.39 is 29.5 Å². The van der Waals surface area contributed by atoms with Crippen LogP contribution in [0.5, 0.6) is 0 Å². The topological polar surface area (TPSA) is 69.7 Å². The lowest BCUT2D eigenvalue weighted by Crippen LogP contribution is -2.45. The molecule has 1 spiro atoms. The van der Waals surface area contributed by atoms with Gasteiger partial charge in [-0.15, -0.1) is 0 Å². The number of carbonyl (C=O) groups is 2. The molecule has 7 heteroatoms. The molecular weight excluding hydrogens is 341 g/mol. The zero-order valence-electron chi connectivity index (χ0n) is 11.9. The quantitative estimate of drug-likeness (QED) is 0.761. The van der Waals surface area contributed by atoms with E-state index in [9.17, 15) is 14.7 Å². The van der Waals surface area contributed by atoms with Gasteiger partial charge in [0.15, 0.2) is 0 Å². The molecule has 0 aliphatic carbocycles. The number of hydrogen-bond acceptors (Lipinski definition) is 4. The Hall–Kier alpha value is -1.56. The molecule has 120 valence electrons. The van der Waals surface area contributed by atoms with Crippen LogP contribution in [0.3, 0.4) is 0 Å². The van der Waals surface area contributed by atoms with Crippen molar-refractivity contribution in [1.29, 1.82) is 0 Å². The average Bonchev–Trinajstić information content (AvgIpc) is 3.13. The Morgan fingerprint density at radius 1 is 1.43 bits per heavy atom. The van der Waals surface area contributed by atoms with Gasteiger partial charge in [0.05, 0.1) is 28.6 Å². The SMILES string of the molecule is O=C([O-])[C@H]1[C@H]2C=C[C@@]3(CN(Cc4cccc(Cl)c4Cl)C(=O)[C@@H]13)O2. The average molecular weight is 353 g/mol. The van der Waals surface area contributed by atoms with Crippen molar-refractivity contribution >= 4 is 35.1 Å². The van der Waals surface area contributed by atoms with Crippen LogP contribution in [0.4, 0.5) is 0 Å². The van der Waals surface area contributed by atoms with E-state index in [0.29, 0.717) is 22.2 Å². The fraction of sp³-hybridized carbons (Fsp3) is 0.375. The van der Waals surface area contributed by atoms with Crippen LogP contribution in [-0.2, 0) is 20.9 Å². The molecular formula is C16H12Cl2NO4-. The Balaban J connectivity index is 1.64. The molecule has 4 rings (SSSR count). The molecule has 3 aliphatic heterocycles. The standard InChI is InChI=1S/C16H13Cl2NO4/c17-9-3-1-2-8(13(9)18)6-19-7-16-5-4-10(23-16)11(15(21)22)12(16)14(19)20/h1-5,10-12H,6-7H2,(H,21,22)/p-1/t10-,11+,12-,16+/m1/s1. The maximum Gasteiger partial charge on any atom is 0.230 e. The zero-order valence-corrected chi connectivity index (χ0v) is 13.4. The van der Waals surface area contributed by atoms with E-state index >= 15 is 0 Å². The first kappa shape index (κ1) is 15.0. The molecule has 2 saturated heterocycles. The van der Waals surface area contributed by atoms with Crippen molar-refractivity contribution in [3.63, 3.8) is 0 Å². The first-order valence-corrected chi connectivity index (χ1v) is 7.98. The van der Waals surface area contributed by atoms with Crippen LogP contribution >= 0.6 is 23.2 Å². The molecule has 0 unspecified atom stereocenters. The Morgan fingerprint density at radius 2 is 2.22 bits per heavy atom. The van der Waals surface area contributed by atoms with Crippen LogP contribution < -0.4 is 5.11 Å². The minimum atomic E-state index is -1.25. The summed E-state index contributed by atoms with van der Waals surface area (Å²) < 4.78 is 5.80. The highest BCUT2D eigenvalue weighted by atomic mass is 35.5. The van der Waals surface area contributed by atoms with E-state index in [1.165, 1.54) is 0 Å². The second kappa shape index (κ2) is 4.97. The summed E-state index contributed by atoms with van der Waals surface area (Å²) in [5.41, 5.74) is -0.148. The van der Waals surface area contributed by atoms with Gasteiger partial charge in [-0.1, -0.05) is 47.5 Å². The van der Waals surface area contributed by atoms with Gasteiger partial charge in [0.1, 0.15) is 5.60 Å². The highest BCUT2D eigenvalue weighted by Gasteiger charge is 2.65.